The summed E-state index contributed by atoms with van der Waals surface area (Å²) in [7, 11) is 0. The predicted molar refractivity (Wildman–Crippen MR) is 61.4 cm³/mol. The quantitative estimate of drug-likeness (QED) is 0.670. The average molecular weight is 188 g/mol. The number of rotatable bonds is 4. The Labute approximate surface area is 87.3 Å². The van der Waals surface area contributed by atoms with E-state index < -0.39 is 0 Å². The molecule has 1 aliphatic rings. The molecule has 0 radical (unpaired) electrons. The monoisotopic (exact) mass is 188 g/mol. The fraction of sp³-hybridized carbons (Fsp3) is 0.571. The standard InChI is InChI=1S/C14H20/c1-3-12(13-8-9-13)10-14-7-5-4-6-11(14)2/h4-7,12-13H,3,8-10H2,1-2H3. The lowest BCUT2D eigenvalue weighted by Crippen LogP contribution is -2.06. The third kappa shape index (κ3) is 2.17. The van der Waals surface area contributed by atoms with E-state index in [0.29, 0.717) is 0 Å². The summed E-state index contributed by atoms with van der Waals surface area (Å²) in [6, 6.07) is 8.83. The molecular formula is C14H20. The Kier molecular flexibility index (Phi) is 2.90. The largest absolute Gasteiger partial charge is 0.0651 e. The second kappa shape index (κ2) is 4.16. The molecular weight excluding hydrogens is 168 g/mol. The first-order valence-corrected chi connectivity index (χ1v) is 5.85. The number of aryl methyl sites for hydroxylation is 1. The highest BCUT2D eigenvalue weighted by atomic mass is 14.3. The van der Waals surface area contributed by atoms with Crippen LogP contribution in [0.5, 0.6) is 0 Å². The first-order valence-electron chi connectivity index (χ1n) is 5.85. The molecule has 0 nitrogen and oxygen atoms in total. The SMILES string of the molecule is CCC(Cc1ccccc1C)C1CC1. The second-order valence-electron chi connectivity index (χ2n) is 4.64. The highest BCUT2D eigenvalue weighted by Gasteiger charge is 2.29. The van der Waals surface area contributed by atoms with Gasteiger partial charge in [-0.05, 0) is 49.1 Å². The fourth-order valence-electron chi connectivity index (χ4n) is 2.33. The summed E-state index contributed by atoms with van der Waals surface area (Å²) in [6.07, 6.45) is 5.60. The summed E-state index contributed by atoms with van der Waals surface area (Å²) in [6.45, 7) is 4.57. The maximum atomic E-state index is 2.33. The van der Waals surface area contributed by atoms with Crippen LogP contribution in [0.2, 0.25) is 0 Å². The lowest BCUT2D eigenvalue weighted by atomic mass is 9.90. The third-order valence-electron chi connectivity index (χ3n) is 3.56. The van der Waals surface area contributed by atoms with Crippen molar-refractivity contribution in [2.45, 2.75) is 39.5 Å². The van der Waals surface area contributed by atoms with Gasteiger partial charge in [-0.25, -0.2) is 0 Å². The molecule has 1 unspecified atom stereocenters. The maximum absolute atomic E-state index is 2.33. The van der Waals surface area contributed by atoms with Crippen LogP contribution >= 0.6 is 0 Å². The molecule has 0 saturated heterocycles. The molecule has 2 rings (SSSR count). The van der Waals surface area contributed by atoms with Gasteiger partial charge in [0.15, 0.2) is 0 Å². The first-order chi connectivity index (χ1) is 6.81. The fourth-order valence-corrected chi connectivity index (χ4v) is 2.33. The normalized spacial score (nSPS) is 18.1. The van der Waals surface area contributed by atoms with Crippen molar-refractivity contribution in [3.05, 3.63) is 35.4 Å². The van der Waals surface area contributed by atoms with E-state index in [9.17, 15) is 0 Å². The van der Waals surface area contributed by atoms with E-state index >= 15 is 0 Å². The molecule has 0 bridgehead atoms. The number of hydrogen-bond acceptors (Lipinski definition) is 0. The van der Waals surface area contributed by atoms with Crippen molar-refractivity contribution in [2.75, 3.05) is 0 Å². The van der Waals surface area contributed by atoms with Crippen molar-refractivity contribution in [1.82, 2.24) is 0 Å². The van der Waals surface area contributed by atoms with E-state index in [2.05, 4.69) is 38.1 Å². The zero-order chi connectivity index (χ0) is 9.97. The molecule has 1 aromatic carbocycles. The van der Waals surface area contributed by atoms with Crippen molar-refractivity contribution in [3.8, 4) is 0 Å². The van der Waals surface area contributed by atoms with Crippen LogP contribution in [-0.4, -0.2) is 0 Å². The molecule has 0 heterocycles. The van der Waals surface area contributed by atoms with Gasteiger partial charge in [-0.1, -0.05) is 37.6 Å². The molecule has 1 fully saturated rings. The zero-order valence-corrected chi connectivity index (χ0v) is 9.29. The summed E-state index contributed by atoms with van der Waals surface area (Å²) in [5.74, 6) is 1.98. The van der Waals surface area contributed by atoms with Crippen molar-refractivity contribution >= 4 is 0 Å². The summed E-state index contributed by atoms with van der Waals surface area (Å²) >= 11 is 0. The molecule has 1 aromatic rings. The van der Waals surface area contributed by atoms with Crippen molar-refractivity contribution in [2.24, 2.45) is 11.8 Å². The van der Waals surface area contributed by atoms with Gasteiger partial charge in [0.05, 0.1) is 0 Å². The molecule has 0 amide bonds. The van der Waals surface area contributed by atoms with Crippen LogP contribution in [0.1, 0.15) is 37.3 Å². The number of benzene rings is 1. The molecule has 1 aliphatic carbocycles. The Hall–Kier alpha value is -0.780. The van der Waals surface area contributed by atoms with Gasteiger partial charge in [-0.3, -0.25) is 0 Å². The molecule has 0 aliphatic heterocycles. The summed E-state index contributed by atoms with van der Waals surface area (Å²) in [5.41, 5.74) is 3.03. The number of hydrogen-bond donors (Lipinski definition) is 0. The molecule has 0 N–H and O–H groups in total. The van der Waals surface area contributed by atoms with Crippen LogP contribution in [0.25, 0.3) is 0 Å². The molecule has 0 aromatic heterocycles. The van der Waals surface area contributed by atoms with E-state index in [0.717, 1.165) is 11.8 Å². The first kappa shape index (κ1) is 9.76. The highest BCUT2D eigenvalue weighted by Crippen LogP contribution is 2.40. The van der Waals surface area contributed by atoms with Crippen LogP contribution < -0.4 is 0 Å². The van der Waals surface area contributed by atoms with Gasteiger partial charge in [0, 0.05) is 0 Å². The van der Waals surface area contributed by atoms with E-state index in [4.69, 9.17) is 0 Å². The minimum Gasteiger partial charge on any atom is -0.0651 e. The van der Waals surface area contributed by atoms with Crippen molar-refractivity contribution < 1.29 is 0 Å². The van der Waals surface area contributed by atoms with Crippen LogP contribution in [0.3, 0.4) is 0 Å². The van der Waals surface area contributed by atoms with Gasteiger partial charge in [0.2, 0.25) is 0 Å². The Bertz CT molecular complexity index is 297. The smallest absolute Gasteiger partial charge is 0.0245 e. The zero-order valence-electron chi connectivity index (χ0n) is 9.29. The highest BCUT2D eigenvalue weighted by molar-refractivity contribution is 5.26. The Morgan fingerprint density at radius 1 is 1.29 bits per heavy atom. The Morgan fingerprint density at radius 3 is 2.57 bits per heavy atom. The molecule has 1 saturated carbocycles. The van der Waals surface area contributed by atoms with Gasteiger partial charge in [0.1, 0.15) is 0 Å². The van der Waals surface area contributed by atoms with Crippen molar-refractivity contribution in [1.29, 1.82) is 0 Å². The molecule has 0 heteroatoms. The van der Waals surface area contributed by atoms with Gasteiger partial charge in [-0.15, -0.1) is 0 Å². The maximum Gasteiger partial charge on any atom is -0.0245 e. The summed E-state index contributed by atoms with van der Waals surface area (Å²) in [4.78, 5) is 0. The minimum atomic E-state index is 0.941. The summed E-state index contributed by atoms with van der Waals surface area (Å²) < 4.78 is 0. The molecule has 14 heavy (non-hydrogen) atoms. The topological polar surface area (TPSA) is 0 Å². The predicted octanol–water partition coefficient (Wildman–Crippen LogP) is 3.97. The van der Waals surface area contributed by atoms with E-state index in [1.807, 2.05) is 0 Å². The average Bonchev–Trinajstić information content (AvgIpc) is 3.00. The lowest BCUT2D eigenvalue weighted by molar-refractivity contribution is 0.444. The van der Waals surface area contributed by atoms with Crippen LogP contribution in [-0.2, 0) is 6.42 Å². The van der Waals surface area contributed by atoms with Crippen LogP contribution in [0, 0.1) is 18.8 Å². The Morgan fingerprint density at radius 2 is 2.00 bits per heavy atom. The molecule has 76 valence electrons. The minimum absolute atomic E-state index is 0.941. The summed E-state index contributed by atoms with van der Waals surface area (Å²) in [5, 5.41) is 0. The molecule has 1 atom stereocenters. The van der Waals surface area contributed by atoms with E-state index in [-0.39, 0.29) is 0 Å². The third-order valence-corrected chi connectivity index (χ3v) is 3.56. The second-order valence-corrected chi connectivity index (χ2v) is 4.64. The van der Waals surface area contributed by atoms with Gasteiger partial charge < -0.3 is 0 Å². The van der Waals surface area contributed by atoms with Gasteiger partial charge in [0.25, 0.3) is 0 Å². The van der Waals surface area contributed by atoms with Gasteiger partial charge in [-0.2, -0.15) is 0 Å². The van der Waals surface area contributed by atoms with E-state index in [1.54, 1.807) is 5.56 Å². The van der Waals surface area contributed by atoms with Crippen LogP contribution in [0.15, 0.2) is 24.3 Å². The van der Waals surface area contributed by atoms with Crippen molar-refractivity contribution in [3.63, 3.8) is 0 Å². The molecule has 0 spiro atoms. The van der Waals surface area contributed by atoms with E-state index in [1.165, 1.54) is 31.2 Å². The van der Waals surface area contributed by atoms with Crippen LogP contribution in [0.4, 0.5) is 0 Å². The van der Waals surface area contributed by atoms with Gasteiger partial charge >= 0.3 is 0 Å². The Balaban J connectivity index is 2.04. The lowest BCUT2D eigenvalue weighted by Gasteiger charge is -2.15.